The van der Waals surface area contributed by atoms with Crippen molar-refractivity contribution in [3.05, 3.63) is 93.2 Å². The van der Waals surface area contributed by atoms with Gasteiger partial charge in [-0.2, -0.15) is 10.4 Å². The fourth-order valence-corrected chi connectivity index (χ4v) is 6.13. The lowest BCUT2D eigenvalue weighted by atomic mass is 9.77. The third-order valence-electron chi connectivity index (χ3n) is 8.01. The molecule has 5 rings (SSSR count). The van der Waals surface area contributed by atoms with Crippen LogP contribution >= 0.6 is 0 Å². The van der Waals surface area contributed by atoms with Gasteiger partial charge in [0.2, 0.25) is 0 Å². The van der Waals surface area contributed by atoms with E-state index in [9.17, 15) is 14.0 Å². The first-order valence-electron chi connectivity index (χ1n) is 14.7. The van der Waals surface area contributed by atoms with Crippen LogP contribution in [0.1, 0.15) is 50.4 Å². The number of hydrogen-bond donors (Lipinski definition) is 0. The summed E-state index contributed by atoms with van der Waals surface area (Å²) in [4.78, 5) is 43.3. The van der Waals surface area contributed by atoms with Gasteiger partial charge in [-0.15, -0.1) is 0 Å². The molecule has 0 bridgehead atoms. The second kappa shape index (κ2) is 12.6. The van der Waals surface area contributed by atoms with Crippen LogP contribution in [0.25, 0.3) is 34.1 Å². The monoisotopic (exact) mass is 622 g/mol. The van der Waals surface area contributed by atoms with Gasteiger partial charge in [0.25, 0.3) is 5.91 Å². The molecule has 1 aromatic carbocycles. The van der Waals surface area contributed by atoms with Crippen LogP contribution in [0.15, 0.2) is 59.1 Å². The smallest absolute Gasteiger partial charge is 0.347 e. The lowest BCUT2D eigenvalue weighted by molar-refractivity contribution is -0.129. The number of pyridine rings is 2. The SMILES string of the molecule is [B]C([B])=Cc1cccc(F)c1-c1nc2c(cc1F)c(N1[C@@H](C)CN(C(=O)C(=C)F)C[C@@H]1C)nc(=O)n2-c1c(C)ccnc1C(C)C. The summed E-state index contributed by atoms with van der Waals surface area (Å²) in [5.41, 5.74) is 0.612. The van der Waals surface area contributed by atoms with E-state index in [-0.39, 0.29) is 58.1 Å². The van der Waals surface area contributed by atoms with Gasteiger partial charge in [0.1, 0.15) is 17.3 Å². The molecule has 0 aliphatic carbocycles. The number of aromatic nitrogens is 4. The molecular formula is C33H31B2F3N6O2. The molecule has 0 unspecified atom stereocenters. The fraction of sp³-hybridized carbons (Fsp3) is 0.303. The van der Waals surface area contributed by atoms with Crippen LogP contribution in [-0.2, 0) is 4.79 Å². The van der Waals surface area contributed by atoms with Gasteiger partial charge in [-0.05, 0) is 56.0 Å². The number of rotatable bonds is 6. The van der Waals surface area contributed by atoms with Gasteiger partial charge in [-0.1, -0.05) is 38.6 Å². The number of carbonyl (C=O) groups excluding carboxylic acids is 1. The maximum absolute atomic E-state index is 16.3. The summed E-state index contributed by atoms with van der Waals surface area (Å²) in [5.74, 6) is -3.57. The molecule has 3 aromatic heterocycles. The van der Waals surface area contributed by atoms with Crippen molar-refractivity contribution in [3.8, 4) is 16.9 Å². The number of amides is 1. The normalized spacial score (nSPS) is 16.6. The molecule has 8 nitrogen and oxygen atoms in total. The number of piperazine rings is 1. The second-order valence-electron chi connectivity index (χ2n) is 11.8. The van der Waals surface area contributed by atoms with Crippen LogP contribution in [0.5, 0.6) is 0 Å². The Kier molecular flexibility index (Phi) is 8.97. The number of fused-ring (bicyclic) bond motifs is 1. The van der Waals surface area contributed by atoms with E-state index in [4.69, 9.17) is 15.7 Å². The number of nitrogens with zero attached hydrogens (tertiary/aromatic N) is 6. The summed E-state index contributed by atoms with van der Waals surface area (Å²) in [5, 5.41) is 0.0416. The summed E-state index contributed by atoms with van der Waals surface area (Å²) in [6.07, 6.45) is 2.93. The zero-order chi connectivity index (χ0) is 33.6. The lowest BCUT2D eigenvalue weighted by Crippen LogP contribution is -2.59. The minimum atomic E-state index is -1.08. The minimum absolute atomic E-state index is 0.0124. The highest BCUT2D eigenvalue weighted by Gasteiger charge is 2.36. The molecule has 1 amide bonds. The number of benzene rings is 1. The molecule has 2 atom stereocenters. The van der Waals surface area contributed by atoms with E-state index in [2.05, 4.69) is 21.5 Å². The fourth-order valence-electron chi connectivity index (χ4n) is 6.13. The van der Waals surface area contributed by atoms with E-state index < -0.39 is 41.1 Å². The Hall–Kier alpha value is -4.67. The predicted octanol–water partition coefficient (Wildman–Crippen LogP) is 5.10. The summed E-state index contributed by atoms with van der Waals surface area (Å²) in [7, 11) is 11.4. The molecule has 1 aliphatic heterocycles. The molecular weight excluding hydrogens is 591 g/mol. The highest BCUT2D eigenvalue weighted by atomic mass is 19.1. The summed E-state index contributed by atoms with van der Waals surface area (Å²) < 4.78 is 46.7. The average molecular weight is 622 g/mol. The van der Waals surface area contributed by atoms with Crippen LogP contribution in [0.2, 0.25) is 0 Å². The van der Waals surface area contributed by atoms with Crippen molar-refractivity contribution in [2.24, 2.45) is 0 Å². The van der Waals surface area contributed by atoms with Crippen molar-refractivity contribution >= 4 is 44.5 Å². The van der Waals surface area contributed by atoms with E-state index >= 15 is 8.78 Å². The first-order chi connectivity index (χ1) is 21.7. The van der Waals surface area contributed by atoms with Gasteiger partial charge in [-0.3, -0.25) is 9.78 Å². The van der Waals surface area contributed by atoms with Crippen molar-refractivity contribution in [2.75, 3.05) is 18.0 Å². The Morgan fingerprint density at radius 1 is 1.09 bits per heavy atom. The molecule has 1 fully saturated rings. The first kappa shape index (κ1) is 32.7. The molecule has 0 N–H and O–H groups in total. The number of hydrogen-bond acceptors (Lipinski definition) is 6. The van der Waals surface area contributed by atoms with Crippen molar-refractivity contribution in [1.29, 1.82) is 0 Å². The molecule has 46 heavy (non-hydrogen) atoms. The van der Waals surface area contributed by atoms with E-state index in [0.29, 0.717) is 16.9 Å². The number of carbonyl (C=O) groups is 1. The van der Waals surface area contributed by atoms with Gasteiger partial charge in [0.05, 0.1) is 32.5 Å². The maximum Gasteiger partial charge on any atom is 0.355 e. The minimum Gasteiger partial charge on any atom is -0.347 e. The van der Waals surface area contributed by atoms with Gasteiger partial charge >= 0.3 is 5.69 Å². The largest absolute Gasteiger partial charge is 0.355 e. The van der Waals surface area contributed by atoms with E-state index in [1.54, 1.807) is 31.0 Å². The number of halogens is 3. The number of aryl methyl sites for hydroxylation is 1. The molecule has 0 spiro atoms. The Balaban J connectivity index is 1.86. The summed E-state index contributed by atoms with van der Waals surface area (Å²) >= 11 is 0. The highest BCUT2D eigenvalue weighted by molar-refractivity contribution is 6.50. The zero-order valence-corrected chi connectivity index (χ0v) is 26.2. The number of anilines is 1. The van der Waals surface area contributed by atoms with E-state index in [1.165, 1.54) is 33.7 Å². The Bertz CT molecular complexity index is 1960. The van der Waals surface area contributed by atoms with Crippen molar-refractivity contribution < 1.29 is 18.0 Å². The van der Waals surface area contributed by atoms with Crippen molar-refractivity contribution in [3.63, 3.8) is 0 Å². The van der Waals surface area contributed by atoms with E-state index in [1.807, 2.05) is 20.8 Å². The molecule has 4 aromatic rings. The van der Waals surface area contributed by atoms with Crippen LogP contribution in [-0.4, -0.2) is 71.2 Å². The Morgan fingerprint density at radius 2 is 1.76 bits per heavy atom. The quantitative estimate of drug-likeness (QED) is 0.220. The van der Waals surface area contributed by atoms with Crippen LogP contribution < -0.4 is 10.6 Å². The van der Waals surface area contributed by atoms with Crippen LogP contribution in [0, 0.1) is 18.6 Å². The third-order valence-corrected chi connectivity index (χ3v) is 8.01. The predicted molar refractivity (Wildman–Crippen MR) is 175 cm³/mol. The van der Waals surface area contributed by atoms with Crippen molar-refractivity contribution in [2.45, 2.75) is 52.6 Å². The summed E-state index contributed by atoms with van der Waals surface area (Å²) in [6.45, 7) is 12.5. The molecule has 232 valence electrons. The van der Waals surface area contributed by atoms with Gasteiger partial charge < -0.3 is 9.80 Å². The Labute approximate surface area is 267 Å². The third kappa shape index (κ3) is 5.86. The molecule has 1 saturated heterocycles. The summed E-state index contributed by atoms with van der Waals surface area (Å²) in [6, 6.07) is 6.08. The highest BCUT2D eigenvalue weighted by Crippen LogP contribution is 2.36. The molecule has 0 saturated carbocycles. The van der Waals surface area contributed by atoms with Crippen LogP contribution in [0.4, 0.5) is 19.0 Å². The standard InChI is InChI=1S/C33H31B2F3N6O2/c1-16(2)27-29(17(3)10-11-39-27)44-30-22(13-24(38)28(40-30)26-21(12-25(34)35)8-7-9-23(26)37)31(41-33(44)46)43-18(4)14-42(15-19(43)5)32(45)20(6)36/h7-13,16,18-19H,6,14-15H2,1-5H3/t18-,19-/m0/s1. The second-order valence-corrected chi connectivity index (χ2v) is 11.8. The zero-order valence-electron chi connectivity index (χ0n) is 26.2. The van der Waals surface area contributed by atoms with E-state index in [0.717, 1.165) is 6.07 Å². The van der Waals surface area contributed by atoms with Gasteiger partial charge in [-0.25, -0.2) is 27.5 Å². The van der Waals surface area contributed by atoms with Gasteiger partial charge in [0.15, 0.2) is 17.3 Å². The van der Waals surface area contributed by atoms with Gasteiger partial charge in [0, 0.05) is 36.9 Å². The Morgan fingerprint density at radius 3 is 2.37 bits per heavy atom. The molecule has 4 heterocycles. The molecule has 4 radical (unpaired) electrons. The maximum atomic E-state index is 16.3. The molecule has 13 heteroatoms. The van der Waals surface area contributed by atoms with Crippen LogP contribution in [0.3, 0.4) is 0 Å². The van der Waals surface area contributed by atoms with Crippen molar-refractivity contribution in [1.82, 2.24) is 24.4 Å². The molecule has 1 aliphatic rings. The average Bonchev–Trinajstić information content (AvgIpc) is 2.96. The first-order valence-corrected chi connectivity index (χ1v) is 14.7. The lowest BCUT2D eigenvalue weighted by Gasteiger charge is -2.45. The topological polar surface area (TPSA) is 84.2 Å².